The van der Waals surface area contributed by atoms with Crippen LogP contribution in [0.1, 0.15) is 16.1 Å². The summed E-state index contributed by atoms with van der Waals surface area (Å²) in [5, 5.41) is 3.74. The number of carbonyl (C=O) groups excluding carboxylic acids is 1. The highest BCUT2D eigenvalue weighted by atomic mass is 16.5. The molecule has 1 amide bonds. The zero-order valence-electron chi connectivity index (χ0n) is 10.7. The molecule has 0 unspecified atom stereocenters. The minimum absolute atomic E-state index is 0.457. The van der Waals surface area contributed by atoms with Gasteiger partial charge in [-0.05, 0) is 13.1 Å². The van der Waals surface area contributed by atoms with E-state index >= 15 is 0 Å². The summed E-state index contributed by atoms with van der Waals surface area (Å²) in [4.78, 5) is 15.9. The number of ether oxygens (including phenoxy) is 1. The number of methoxy groups -OCH3 is 1. The van der Waals surface area contributed by atoms with Crippen molar-refractivity contribution in [2.75, 3.05) is 14.2 Å². The van der Waals surface area contributed by atoms with Crippen molar-refractivity contribution in [3.8, 4) is 5.75 Å². The van der Waals surface area contributed by atoms with Gasteiger partial charge in [0.05, 0.1) is 18.9 Å². The number of aryl methyl sites for hydroxylation is 1. The number of fused-ring (bicyclic) bond motifs is 1. The molecule has 0 aliphatic rings. The fraction of sp³-hybridized carbons (Fsp3) is 0.333. The molecule has 2 rings (SSSR count). The first-order valence-corrected chi connectivity index (χ1v) is 5.55. The van der Waals surface area contributed by atoms with E-state index in [2.05, 4.69) is 10.3 Å². The number of amides is 1. The summed E-state index contributed by atoms with van der Waals surface area (Å²) in [6.45, 7) is 0.549. The van der Waals surface area contributed by atoms with E-state index < -0.39 is 5.91 Å². The Morgan fingerprint density at radius 2 is 2.33 bits per heavy atom. The molecule has 6 nitrogen and oxygen atoms in total. The zero-order valence-corrected chi connectivity index (χ0v) is 10.7. The van der Waals surface area contributed by atoms with Crippen LogP contribution in [-0.4, -0.2) is 29.6 Å². The van der Waals surface area contributed by atoms with Gasteiger partial charge in [0.15, 0.2) is 0 Å². The lowest BCUT2D eigenvalue weighted by atomic mass is 10.1. The Labute approximate surface area is 105 Å². The van der Waals surface area contributed by atoms with Gasteiger partial charge in [-0.25, -0.2) is 4.98 Å². The maximum absolute atomic E-state index is 11.6. The van der Waals surface area contributed by atoms with E-state index in [0.717, 1.165) is 16.7 Å². The van der Waals surface area contributed by atoms with Crippen LogP contribution in [0.5, 0.6) is 5.75 Å². The second kappa shape index (κ2) is 4.66. The van der Waals surface area contributed by atoms with Crippen LogP contribution in [0.15, 0.2) is 12.3 Å². The number of pyridine rings is 1. The second-order valence-corrected chi connectivity index (χ2v) is 4.02. The Morgan fingerprint density at radius 1 is 1.61 bits per heavy atom. The Morgan fingerprint density at radius 3 is 2.89 bits per heavy atom. The van der Waals surface area contributed by atoms with Gasteiger partial charge in [0, 0.05) is 24.7 Å². The third kappa shape index (κ3) is 1.80. The van der Waals surface area contributed by atoms with Gasteiger partial charge in [-0.3, -0.25) is 4.79 Å². The summed E-state index contributed by atoms with van der Waals surface area (Å²) < 4.78 is 6.99. The molecule has 18 heavy (non-hydrogen) atoms. The topological polar surface area (TPSA) is 82.2 Å². The highest BCUT2D eigenvalue weighted by molar-refractivity contribution is 6.07. The average Bonchev–Trinajstić information content (AvgIpc) is 2.63. The Bertz CT molecular complexity index is 604. The van der Waals surface area contributed by atoms with Crippen LogP contribution in [0.3, 0.4) is 0 Å². The molecule has 0 aliphatic heterocycles. The molecular weight excluding hydrogens is 232 g/mol. The van der Waals surface area contributed by atoms with Gasteiger partial charge in [0.1, 0.15) is 11.4 Å². The van der Waals surface area contributed by atoms with Crippen molar-refractivity contribution in [2.45, 2.75) is 6.54 Å². The predicted octanol–water partition coefficient (Wildman–Crippen LogP) is 0.400. The smallest absolute Gasteiger partial charge is 0.251 e. The van der Waals surface area contributed by atoms with Gasteiger partial charge in [-0.2, -0.15) is 0 Å². The number of aromatic nitrogens is 2. The standard InChI is InChI=1S/C12H16N4O2/c1-14-6-9-10(11(13)17)8-4-7(18-3)5-15-12(8)16(9)2/h4-5,14H,6H2,1-3H3,(H2,13,17). The van der Waals surface area contributed by atoms with Gasteiger partial charge >= 0.3 is 0 Å². The van der Waals surface area contributed by atoms with Gasteiger partial charge in [-0.1, -0.05) is 0 Å². The molecule has 0 saturated carbocycles. The SMILES string of the molecule is CNCc1c(C(N)=O)c2cc(OC)cnc2n1C. The van der Waals surface area contributed by atoms with E-state index in [0.29, 0.717) is 17.9 Å². The van der Waals surface area contributed by atoms with Crippen LogP contribution in [-0.2, 0) is 13.6 Å². The van der Waals surface area contributed by atoms with E-state index in [1.54, 1.807) is 19.4 Å². The summed E-state index contributed by atoms with van der Waals surface area (Å²) in [6.07, 6.45) is 1.62. The number of nitrogens with zero attached hydrogens (tertiary/aromatic N) is 2. The van der Waals surface area contributed by atoms with E-state index in [4.69, 9.17) is 10.5 Å². The molecule has 0 atom stereocenters. The lowest BCUT2D eigenvalue weighted by molar-refractivity contribution is 0.100. The van der Waals surface area contributed by atoms with Crippen molar-refractivity contribution in [1.82, 2.24) is 14.9 Å². The number of primary amides is 1. The maximum atomic E-state index is 11.6. The van der Waals surface area contributed by atoms with Gasteiger partial charge < -0.3 is 20.4 Å². The molecule has 2 aromatic heterocycles. The highest BCUT2D eigenvalue weighted by Crippen LogP contribution is 2.26. The molecule has 0 spiro atoms. The minimum atomic E-state index is -0.457. The fourth-order valence-electron chi connectivity index (χ4n) is 2.10. The number of carbonyl (C=O) groups is 1. The predicted molar refractivity (Wildman–Crippen MR) is 68.5 cm³/mol. The summed E-state index contributed by atoms with van der Waals surface area (Å²) in [7, 11) is 5.24. The first-order valence-electron chi connectivity index (χ1n) is 5.55. The third-order valence-electron chi connectivity index (χ3n) is 2.95. The number of hydrogen-bond acceptors (Lipinski definition) is 4. The quantitative estimate of drug-likeness (QED) is 0.820. The number of nitrogens with two attached hydrogens (primary N) is 1. The Balaban J connectivity index is 2.79. The molecule has 3 N–H and O–H groups in total. The Kier molecular flexibility index (Phi) is 3.20. The maximum Gasteiger partial charge on any atom is 0.251 e. The Hall–Kier alpha value is -2.08. The number of hydrogen-bond donors (Lipinski definition) is 2. The van der Waals surface area contributed by atoms with E-state index in [1.807, 2.05) is 18.7 Å². The van der Waals surface area contributed by atoms with Crippen molar-refractivity contribution in [1.29, 1.82) is 0 Å². The molecular formula is C12H16N4O2. The second-order valence-electron chi connectivity index (χ2n) is 4.02. The molecule has 96 valence electrons. The fourth-order valence-corrected chi connectivity index (χ4v) is 2.10. The molecule has 0 aromatic carbocycles. The molecule has 0 aliphatic carbocycles. The van der Waals surface area contributed by atoms with E-state index in [9.17, 15) is 4.79 Å². The van der Waals surface area contributed by atoms with Crippen molar-refractivity contribution >= 4 is 16.9 Å². The summed E-state index contributed by atoms with van der Waals surface area (Å²) in [6, 6.07) is 1.78. The monoisotopic (exact) mass is 248 g/mol. The number of nitrogens with one attached hydrogen (secondary N) is 1. The molecule has 2 heterocycles. The first-order chi connectivity index (χ1) is 8.60. The van der Waals surface area contributed by atoms with E-state index in [1.165, 1.54) is 0 Å². The number of rotatable bonds is 4. The van der Waals surface area contributed by atoms with Gasteiger partial charge in [0.25, 0.3) is 5.91 Å². The van der Waals surface area contributed by atoms with Crippen LogP contribution >= 0.6 is 0 Å². The van der Waals surface area contributed by atoms with Crippen molar-refractivity contribution in [3.63, 3.8) is 0 Å². The largest absolute Gasteiger partial charge is 0.495 e. The van der Waals surface area contributed by atoms with Crippen LogP contribution in [0.2, 0.25) is 0 Å². The summed E-state index contributed by atoms with van der Waals surface area (Å²) >= 11 is 0. The van der Waals surface area contributed by atoms with Crippen molar-refractivity contribution in [3.05, 3.63) is 23.5 Å². The molecule has 2 aromatic rings. The molecule has 0 radical (unpaired) electrons. The van der Waals surface area contributed by atoms with Crippen LogP contribution in [0.25, 0.3) is 11.0 Å². The van der Waals surface area contributed by atoms with Crippen LogP contribution < -0.4 is 15.8 Å². The molecule has 0 saturated heterocycles. The zero-order chi connectivity index (χ0) is 13.3. The van der Waals surface area contributed by atoms with Crippen LogP contribution in [0.4, 0.5) is 0 Å². The molecule has 0 bridgehead atoms. The van der Waals surface area contributed by atoms with Gasteiger partial charge in [-0.15, -0.1) is 0 Å². The summed E-state index contributed by atoms with van der Waals surface area (Å²) in [5.74, 6) is 0.146. The van der Waals surface area contributed by atoms with Crippen molar-refractivity contribution in [2.24, 2.45) is 12.8 Å². The van der Waals surface area contributed by atoms with Gasteiger partial charge in [0.2, 0.25) is 0 Å². The minimum Gasteiger partial charge on any atom is -0.495 e. The van der Waals surface area contributed by atoms with E-state index in [-0.39, 0.29) is 0 Å². The first kappa shape index (κ1) is 12.4. The lowest BCUT2D eigenvalue weighted by Crippen LogP contribution is -2.17. The summed E-state index contributed by atoms with van der Waals surface area (Å²) in [5.41, 5.74) is 7.50. The van der Waals surface area contributed by atoms with Crippen molar-refractivity contribution < 1.29 is 9.53 Å². The molecule has 6 heteroatoms. The lowest BCUT2D eigenvalue weighted by Gasteiger charge is -2.04. The third-order valence-corrected chi connectivity index (χ3v) is 2.95. The van der Waals surface area contributed by atoms with Crippen LogP contribution in [0, 0.1) is 0 Å². The average molecular weight is 248 g/mol. The highest BCUT2D eigenvalue weighted by Gasteiger charge is 2.20. The molecule has 0 fully saturated rings. The normalized spacial score (nSPS) is 10.8.